The van der Waals surface area contributed by atoms with E-state index in [4.69, 9.17) is 11.5 Å². The van der Waals surface area contributed by atoms with Gasteiger partial charge in [0, 0.05) is 51.7 Å². The van der Waals surface area contributed by atoms with Crippen LogP contribution in [0.3, 0.4) is 0 Å². The molecular weight excluding hydrogens is 1090 g/mol. The van der Waals surface area contributed by atoms with Gasteiger partial charge in [-0.25, -0.2) is 0 Å². The minimum atomic E-state index is 0. The van der Waals surface area contributed by atoms with Crippen molar-refractivity contribution in [3.8, 4) is 0 Å². The van der Waals surface area contributed by atoms with Gasteiger partial charge in [-0.1, -0.05) is 181 Å². The standard InChI is InChI=1S/2C12H10Si.2C9H7.2C3H8N.2ClH.2Hf/c2*1-3-7-11(8-4-1)13-12-9-5-2-6-10-12;2*1-2-5-9-7-3-6-8(9)4-1;2*1-2-3-4;;;;/h2*1-10H;2*1-7H;2*4H,2-3H2,1H3;2*1H;;/q;;4*-1;;;;/p-2. The molecule has 0 aliphatic carbocycles. The Kier molecular flexibility index (Phi) is 36.1. The number of halogens is 2. The first kappa shape index (κ1) is 55.3. The number of nitrogens with one attached hydrogen (secondary N) is 2. The van der Waals surface area contributed by atoms with E-state index in [1.54, 1.807) is 0 Å². The molecule has 0 amide bonds. The van der Waals surface area contributed by atoms with Gasteiger partial charge in [-0.05, 0) is 0 Å². The zero-order valence-corrected chi connectivity index (χ0v) is 42.9. The second kappa shape index (κ2) is 36.5. The molecule has 8 heteroatoms. The molecule has 8 aromatic rings. The van der Waals surface area contributed by atoms with E-state index in [-0.39, 0.29) is 76.5 Å². The van der Waals surface area contributed by atoms with Crippen LogP contribution in [0.15, 0.2) is 206 Å². The van der Waals surface area contributed by atoms with Crippen LogP contribution >= 0.6 is 0 Å². The minimum Gasteiger partial charge on any atom is -1.00 e. The van der Waals surface area contributed by atoms with Crippen molar-refractivity contribution >= 4 is 61.3 Å². The Morgan fingerprint density at radius 3 is 0.839 bits per heavy atom. The summed E-state index contributed by atoms with van der Waals surface area (Å²) in [5, 5.41) is 10.9. The van der Waals surface area contributed by atoms with Gasteiger partial charge in [-0.3, -0.25) is 0 Å². The largest absolute Gasteiger partial charge is 1.00 e. The van der Waals surface area contributed by atoms with Crippen molar-refractivity contribution in [1.82, 2.24) is 0 Å². The van der Waals surface area contributed by atoms with Crippen molar-refractivity contribution in [2.75, 3.05) is 13.1 Å². The van der Waals surface area contributed by atoms with Gasteiger partial charge in [0.25, 0.3) is 0 Å². The first-order chi connectivity index (χ1) is 25.7. The van der Waals surface area contributed by atoms with Gasteiger partial charge in [0.15, 0.2) is 0 Å². The van der Waals surface area contributed by atoms with Crippen molar-refractivity contribution in [3.63, 3.8) is 0 Å². The summed E-state index contributed by atoms with van der Waals surface area (Å²) in [4.78, 5) is 0. The average molecular weight is 1140 g/mol. The molecule has 2 nitrogen and oxygen atoms in total. The fraction of sp³-hybridized carbons (Fsp3) is 0.125. The fourth-order valence-corrected chi connectivity index (χ4v) is 6.66. The van der Waals surface area contributed by atoms with Crippen molar-refractivity contribution in [3.05, 3.63) is 218 Å². The predicted octanol–water partition coefficient (Wildman–Crippen LogP) is 4.70. The van der Waals surface area contributed by atoms with E-state index in [0.29, 0.717) is 13.1 Å². The molecule has 0 aliphatic rings. The quantitative estimate of drug-likeness (QED) is 0.172. The third-order valence-electron chi connectivity index (χ3n) is 7.27. The summed E-state index contributed by atoms with van der Waals surface area (Å²) in [6.07, 6.45) is 1.97. The van der Waals surface area contributed by atoms with Gasteiger partial charge in [-0.2, -0.15) is 48.1 Å². The van der Waals surface area contributed by atoms with Gasteiger partial charge in [0.1, 0.15) is 19.0 Å². The van der Waals surface area contributed by atoms with E-state index in [0.717, 1.165) is 31.9 Å². The van der Waals surface area contributed by atoms with E-state index < -0.39 is 0 Å². The molecule has 0 saturated heterocycles. The maximum absolute atomic E-state index is 6.45. The van der Waals surface area contributed by atoms with Gasteiger partial charge in [0.05, 0.1) is 0 Å². The summed E-state index contributed by atoms with van der Waals surface area (Å²) in [6, 6.07) is 71.6. The van der Waals surface area contributed by atoms with Crippen LogP contribution in [-0.4, -0.2) is 32.1 Å². The van der Waals surface area contributed by atoms with Gasteiger partial charge in [-0.15, -0.1) is 59.3 Å². The SMILES string of the molecule is CCC[NH-].CCC[NH-].[Cl-].[Cl-].[Hf].[Hf].c1ccc([Si]c2ccccc2)cc1.c1ccc([Si]c2ccccc2)cc1.c1ccc2[cH-]ccc2c1.c1ccc2[cH-]ccc2c1. The molecule has 0 fully saturated rings. The van der Waals surface area contributed by atoms with Crippen LogP contribution in [0.25, 0.3) is 33.0 Å². The molecule has 0 heterocycles. The van der Waals surface area contributed by atoms with Gasteiger partial charge in [0.2, 0.25) is 0 Å². The number of benzene rings is 6. The molecule has 2 N–H and O–H groups in total. The second-order valence-electron chi connectivity index (χ2n) is 11.5. The molecule has 288 valence electrons. The summed E-state index contributed by atoms with van der Waals surface area (Å²) in [7, 11) is 1.55. The molecule has 0 atom stereocenters. The zero-order chi connectivity index (χ0) is 36.9. The van der Waals surface area contributed by atoms with Crippen LogP contribution in [0.1, 0.15) is 26.7 Å². The van der Waals surface area contributed by atoms with Crippen LogP contribution in [0, 0.1) is 0 Å². The summed E-state index contributed by atoms with van der Waals surface area (Å²) >= 11 is 0. The minimum absolute atomic E-state index is 0. The van der Waals surface area contributed by atoms with Crippen LogP contribution < -0.4 is 45.6 Å². The van der Waals surface area contributed by atoms with Crippen molar-refractivity contribution in [1.29, 1.82) is 0 Å². The van der Waals surface area contributed by atoms with E-state index in [9.17, 15) is 0 Å². The molecule has 0 unspecified atom stereocenters. The Morgan fingerprint density at radius 2 is 0.607 bits per heavy atom. The van der Waals surface area contributed by atoms with Crippen LogP contribution in [0.5, 0.6) is 0 Å². The number of rotatable bonds is 6. The molecule has 8 aromatic carbocycles. The summed E-state index contributed by atoms with van der Waals surface area (Å²) in [6.45, 7) is 5.12. The first-order valence-electron chi connectivity index (χ1n) is 17.9. The average Bonchev–Trinajstić information content (AvgIpc) is 3.91. The molecule has 56 heavy (non-hydrogen) atoms. The maximum atomic E-state index is 6.45. The fourth-order valence-electron chi connectivity index (χ4n) is 4.56. The van der Waals surface area contributed by atoms with E-state index in [1.807, 2.05) is 13.8 Å². The van der Waals surface area contributed by atoms with Crippen molar-refractivity contribution in [2.24, 2.45) is 0 Å². The molecular formula is C48H50Cl2Hf2N2Si2-6. The van der Waals surface area contributed by atoms with Crippen LogP contribution in [-0.2, 0) is 51.7 Å². The van der Waals surface area contributed by atoms with E-state index in [2.05, 4.69) is 206 Å². The molecule has 4 radical (unpaired) electrons. The predicted molar refractivity (Wildman–Crippen MR) is 234 cm³/mol. The normalized spacial score (nSPS) is 8.93. The summed E-state index contributed by atoms with van der Waals surface area (Å²) < 4.78 is 0. The maximum Gasteiger partial charge on any atom is 0.121 e. The third kappa shape index (κ3) is 24.1. The number of hydrogen-bond acceptors (Lipinski definition) is 0. The number of fused-ring (bicyclic) bond motifs is 2. The smallest absolute Gasteiger partial charge is 0.121 e. The molecule has 0 spiro atoms. The molecule has 8 rings (SSSR count). The van der Waals surface area contributed by atoms with Gasteiger partial charge < -0.3 is 36.3 Å². The molecule has 0 saturated carbocycles. The molecule has 0 bridgehead atoms. The van der Waals surface area contributed by atoms with Crippen molar-refractivity contribution in [2.45, 2.75) is 26.7 Å². The Balaban J connectivity index is 0. The monoisotopic (exact) mass is 1140 g/mol. The third-order valence-corrected chi connectivity index (χ3v) is 9.76. The topological polar surface area (TPSA) is 47.6 Å². The van der Waals surface area contributed by atoms with E-state index >= 15 is 0 Å². The Bertz CT molecular complexity index is 1710. The summed E-state index contributed by atoms with van der Waals surface area (Å²) in [5.41, 5.74) is 12.9. The Hall–Kier alpha value is -2.79. The van der Waals surface area contributed by atoms with Crippen LogP contribution in [0.2, 0.25) is 0 Å². The molecule has 0 aliphatic heterocycles. The summed E-state index contributed by atoms with van der Waals surface area (Å²) in [5.74, 6) is 0. The Morgan fingerprint density at radius 1 is 0.375 bits per heavy atom. The Labute approximate surface area is 391 Å². The zero-order valence-electron chi connectivity index (χ0n) is 32.2. The van der Waals surface area contributed by atoms with E-state index in [1.165, 1.54) is 42.3 Å². The van der Waals surface area contributed by atoms with Crippen molar-refractivity contribution < 1.29 is 76.5 Å². The second-order valence-corrected chi connectivity index (χ2v) is 14.3. The number of hydrogen-bond donors (Lipinski definition) is 0. The van der Waals surface area contributed by atoms with Gasteiger partial charge >= 0.3 is 0 Å². The van der Waals surface area contributed by atoms with Crippen LogP contribution in [0.4, 0.5) is 0 Å². The molecule has 0 aromatic heterocycles. The first-order valence-corrected chi connectivity index (χ1v) is 19.9.